The van der Waals surface area contributed by atoms with Crippen molar-refractivity contribution < 1.29 is 17.6 Å². The van der Waals surface area contributed by atoms with Crippen LogP contribution in [0, 0.1) is 0 Å². The highest BCUT2D eigenvalue weighted by Crippen LogP contribution is 2.31. The number of rotatable bonds is 1. The second kappa shape index (κ2) is 4.88. The van der Waals surface area contributed by atoms with Gasteiger partial charge >= 0.3 is 17.7 Å². The van der Waals surface area contributed by atoms with E-state index in [2.05, 4.69) is 0 Å². The zero-order chi connectivity index (χ0) is 15.0. The van der Waals surface area contributed by atoms with Crippen molar-refractivity contribution in [3.8, 4) is 0 Å². The van der Waals surface area contributed by atoms with Gasteiger partial charge in [0.2, 0.25) is 0 Å². The lowest BCUT2D eigenvalue weighted by Gasteiger charge is -2.05. The maximum Gasteiger partial charge on any atom is 0.416 e. The first-order valence-electron chi connectivity index (χ1n) is 6.45. The van der Waals surface area contributed by atoms with E-state index in [1.807, 2.05) is 31.2 Å². The number of alkyl halides is 3. The van der Waals surface area contributed by atoms with Gasteiger partial charge in [0, 0.05) is 0 Å². The minimum Gasteiger partial charge on any atom is -0.212 e. The molecule has 0 atom stereocenters. The number of halogens is 3. The lowest BCUT2D eigenvalue weighted by Crippen LogP contribution is -2.03. The predicted octanol–water partition coefficient (Wildman–Crippen LogP) is 4.96. The third-order valence-corrected chi connectivity index (χ3v) is 3.37. The van der Waals surface area contributed by atoms with Crippen LogP contribution in [0.1, 0.15) is 33.6 Å². The van der Waals surface area contributed by atoms with Crippen molar-refractivity contribution in [3.05, 3.63) is 70.8 Å². The van der Waals surface area contributed by atoms with Crippen molar-refractivity contribution in [1.29, 1.82) is 0 Å². The number of carbonyl (C=O) groups excluding carboxylic acids is 1. The molecule has 0 fully saturated rings. The molecule has 3 rings (SSSR count). The molecule has 1 aliphatic heterocycles. The van der Waals surface area contributed by atoms with E-state index in [4.69, 9.17) is 4.42 Å². The summed E-state index contributed by atoms with van der Waals surface area (Å²) in [5.41, 5.74) is 1.98. The Kier molecular flexibility index (Phi) is 3.16. The fraction of sp³-hybridized carbons (Fsp3) is 0.118. The second-order valence-corrected chi connectivity index (χ2v) is 4.83. The predicted molar refractivity (Wildman–Crippen MR) is 75.8 cm³/mol. The van der Waals surface area contributed by atoms with Gasteiger partial charge in [-0.2, -0.15) is 13.2 Å². The molecule has 0 radical (unpaired) electrons. The van der Waals surface area contributed by atoms with Crippen LogP contribution in [-0.4, -0.2) is 5.78 Å². The molecule has 0 unspecified atom stereocenters. The van der Waals surface area contributed by atoms with E-state index in [0.29, 0.717) is 11.3 Å². The zero-order valence-electron chi connectivity index (χ0n) is 11.2. The van der Waals surface area contributed by atoms with E-state index in [9.17, 15) is 13.2 Å². The van der Waals surface area contributed by atoms with E-state index in [-0.39, 0.29) is 0 Å². The van der Waals surface area contributed by atoms with Crippen LogP contribution >= 0.6 is 0 Å². The third-order valence-electron chi connectivity index (χ3n) is 3.37. The van der Waals surface area contributed by atoms with Crippen LogP contribution < -0.4 is 0 Å². The van der Waals surface area contributed by atoms with E-state index in [1.54, 1.807) is 6.08 Å². The molecule has 1 heterocycles. The molecule has 0 saturated heterocycles. The molecule has 0 aliphatic carbocycles. The van der Waals surface area contributed by atoms with Gasteiger partial charge in [-0.1, -0.05) is 24.3 Å². The van der Waals surface area contributed by atoms with Crippen LogP contribution in [0.3, 0.4) is 0 Å². The zero-order valence-corrected chi connectivity index (χ0v) is 11.2. The van der Waals surface area contributed by atoms with E-state index >= 15 is 0 Å². The minimum absolute atomic E-state index is 0.653. The van der Waals surface area contributed by atoms with Crippen molar-refractivity contribution >= 4 is 17.6 Å². The highest BCUT2D eigenvalue weighted by Gasteiger charge is 2.31. The van der Waals surface area contributed by atoms with Crippen molar-refractivity contribution in [2.45, 2.75) is 13.1 Å². The topological polar surface area (TPSA) is 11.3 Å². The molecular formula is C17H12F3O+. The molecule has 0 spiro atoms. The molecule has 0 aromatic heterocycles. The van der Waals surface area contributed by atoms with Gasteiger partial charge in [-0.25, -0.2) is 4.42 Å². The highest BCUT2D eigenvalue weighted by molar-refractivity contribution is 6.04. The Morgan fingerprint density at radius 2 is 1.52 bits per heavy atom. The first kappa shape index (κ1) is 13.6. The Hall–Kier alpha value is -2.36. The summed E-state index contributed by atoms with van der Waals surface area (Å²) < 4.78 is 43.3. The van der Waals surface area contributed by atoms with E-state index in [1.165, 1.54) is 12.1 Å². The molecule has 1 aliphatic rings. The fourth-order valence-corrected chi connectivity index (χ4v) is 2.31. The molecule has 106 valence electrons. The Labute approximate surface area is 120 Å². The van der Waals surface area contributed by atoms with Gasteiger partial charge in [-0.05, 0) is 29.8 Å². The van der Waals surface area contributed by atoms with Crippen LogP contribution in [-0.2, 0) is 6.18 Å². The molecule has 0 saturated carbocycles. The summed E-state index contributed by atoms with van der Waals surface area (Å²) in [4.78, 5) is 0. The molecule has 2 aromatic carbocycles. The molecule has 2 aromatic rings. The van der Waals surface area contributed by atoms with Gasteiger partial charge in [-0.15, -0.1) is 0 Å². The van der Waals surface area contributed by atoms with Gasteiger partial charge in [0.1, 0.15) is 0 Å². The summed E-state index contributed by atoms with van der Waals surface area (Å²) >= 11 is 0. The molecule has 1 nitrogen and oxygen atoms in total. The van der Waals surface area contributed by atoms with E-state index in [0.717, 1.165) is 29.0 Å². The Bertz CT molecular complexity index is 737. The average molecular weight is 289 g/mol. The van der Waals surface area contributed by atoms with Gasteiger partial charge in [-0.3, -0.25) is 0 Å². The van der Waals surface area contributed by atoms with Crippen molar-refractivity contribution in [3.63, 3.8) is 0 Å². The van der Waals surface area contributed by atoms with Crippen LogP contribution in [0.15, 0.2) is 48.5 Å². The summed E-state index contributed by atoms with van der Waals surface area (Å²) in [5, 5.41) is 0. The summed E-state index contributed by atoms with van der Waals surface area (Å²) in [7, 11) is 0. The number of fused-ring (bicyclic) bond motifs is 1. The number of hydrogen-bond acceptors (Lipinski definition) is 0. The van der Waals surface area contributed by atoms with Crippen LogP contribution in [0.25, 0.3) is 11.8 Å². The van der Waals surface area contributed by atoms with E-state index < -0.39 is 11.7 Å². The molecule has 0 amide bonds. The third kappa shape index (κ3) is 2.61. The van der Waals surface area contributed by atoms with Crippen LogP contribution in [0.5, 0.6) is 0 Å². The number of benzene rings is 2. The lowest BCUT2D eigenvalue weighted by atomic mass is 10.0. The Balaban J connectivity index is 1.97. The van der Waals surface area contributed by atoms with Crippen LogP contribution in [0.4, 0.5) is 13.2 Å². The molecule has 21 heavy (non-hydrogen) atoms. The SMILES string of the molecule is CC1=[O+]C(=Cc2ccc(C(F)(F)F)cc2)c2ccccc21. The van der Waals surface area contributed by atoms with Crippen molar-refractivity contribution in [2.75, 3.05) is 0 Å². The monoisotopic (exact) mass is 289 g/mol. The van der Waals surface area contributed by atoms with Gasteiger partial charge in [0.15, 0.2) is 0 Å². The average Bonchev–Trinajstić information content (AvgIpc) is 2.76. The Morgan fingerprint density at radius 1 is 0.905 bits per heavy atom. The van der Waals surface area contributed by atoms with Gasteiger partial charge < -0.3 is 0 Å². The fourth-order valence-electron chi connectivity index (χ4n) is 2.31. The summed E-state index contributed by atoms with van der Waals surface area (Å²) in [6, 6.07) is 12.7. The minimum atomic E-state index is -4.31. The van der Waals surface area contributed by atoms with Crippen molar-refractivity contribution in [1.82, 2.24) is 0 Å². The summed E-state index contributed by atoms with van der Waals surface area (Å²) in [6.45, 7) is 1.87. The molecular weight excluding hydrogens is 277 g/mol. The largest absolute Gasteiger partial charge is 0.416 e. The van der Waals surface area contributed by atoms with Gasteiger partial charge in [0.05, 0.1) is 29.7 Å². The lowest BCUT2D eigenvalue weighted by molar-refractivity contribution is -0.137. The van der Waals surface area contributed by atoms with Crippen molar-refractivity contribution in [2.24, 2.45) is 0 Å². The quantitative estimate of drug-likeness (QED) is 0.658. The first-order chi connectivity index (χ1) is 9.95. The standard InChI is InChI=1S/C17H12F3O/c1-11-14-4-2-3-5-15(14)16(21-11)10-12-6-8-13(9-7-12)17(18,19)20/h2-10H,1H3/q+1. The first-order valence-corrected chi connectivity index (χ1v) is 6.45. The molecule has 0 N–H and O–H groups in total. The highest BCUT2D eigenvalue weighted by atomic mass is 19.4. The summed E-state index contributed by atoms with van der Waals surface area (Å²) in [5.74, 6) is 1.45. The van der Waals surface area contributed by atoms with Crippen LogP contribution in [0.2, 0.25) is 0 Å². The smallest absolute Gasteiger partial charge is 0.212 e. The molecule has 0 bridgehead atoms. The summed E-state index contributed by atoms with van der Waals surface area (Å²) in [6.07, 6.45) is -2.57. The number of ketones is 1. The maximum atomic E-state index is 12.5. The Morgan fingerprint density at radius 3 is 2.14 bits per heavy atom. The maximum absolute atomic E-state index is 12.5. The normalized spacial score (nSPS) is 16.0. The second-order valence-electron chi connectivity index (χ2n) is 4.83. The van der Waals surface area contributed by atoms with Gasteiger partial charge in [0.25, 0.3) is 0 Å². The number of hydrogen-bond donors (Lipinski definition) is 0. The molecule has 4 heteroatoms.